The van der Waals surface area contributed by atoms with Crippen molar-refractivity contribution in [2.24, 2.45) is 11.3 Å². The monoisotopic (exact) mass is 192 g/mol. The SMILES string of the molecule is CC(C=O)=CC[C@@H]1CC=C(C)C1(C)C. The number of allylic oxidation sites excluding steroid dienone is 4. The summed E-state index contributed by atoms with van der Waals surface area (Å²) in [5, 5.41) is 0. The molecule has 0 saturated carbocycles. The standard InChI is InChI=1S/C13H20O/c1-10(9-14)5-7-12-8-6-11(2)13(12,3)4/h5-6,9,12H,7-8H2,1-4H3/t12-/m1/s1. The Labute approximate surface area is 86.9 Å². The Kier molecular flexibility index (Phi) is 3.30. The summed E-state index contributed by atoms with van der Waals surface area (Å²) in [6.07, 6.45) is 7.50. The molecule has 0 aromatic rings. The molecule has 1 heteroatoms. The number of carbonyl (C=O) groups excluding carboxylic acids is 1. The average molecular weight is 192 g/mol. The van der Waals surface area contributed by atoms with Crippen LogP contribution in [-0.4, -0.2) is 6.29 Å². The number of rotatable bonds is 3. The molecule has 0 heterocycles. The quantitative estimate of drug-likeness (QED) is 0.380. The molecule has 0 fully saturated rings. The van der Waals surface area contributed by atoms with Crippen molar-refractivity contribution < 1.29 is 4.79 Å². The smallest absolute Gasteiger partial charge is 0.145 e. The molecule has 1 aliphatic carbocycles. The van der Waals surface area contributed by atoms with E-state index in [0.29, 0.717) is 11.3 Å². The first-order valence-electron chi connectivity index (χ1n) is 5.27. The Morgan fingerprint density at radius 2 is 2.29 bits per heavy atom. The molecule has 1 rings (SSSR count). The van der Waals surface area contributed by atoms with Gasteiger partial charge in [0.15, 0.2) is 0 Å². The fraction of sp³-hybridized carbons (Fsp3) is 0.615. The van der Waals surface area contributed by atoms with Crippen molar-refractivity contribution in [3.05, 3.63) is 23.3 Å². The topological polar surface area (TPSA) is 17.1 Å². The molecule has 0 bridgehead atoms. The molecule has 1 atom stereocenters. The van der Waals surface area contributed by atoms with Crippen LogP contribution in [0, 0.1) is 11.3 Å². The first-order valence-corrected chi connectivity index (χ1v) is 5.27. The molecule has 0 radical (unpaired) electrons. The lowest BCUT2D eigenvalue weighted by Gasteiger charge is -2.28. The van der Waals surface area contributed by atoms with Crippen LogP contribution in [0.25, 0.3) is 0 Å². The highest BCUT2D eigenvalue weighted by Crippen LogP contribution is 2.44. The lowest BCUT2D eigenvalue weighted by molar-refractivity contribution is -0.104. The van der Waals surface area contributed by atoms with E-state index in [-0.39, 0.29) is 0 Å². The van der Waals surface area contributed by atoms with Gasteiger partial charge in [0.1, 0.15) is 6.29 Å². The van der Waals surface area contributed by atoms with E-state index in [4.69, 9.17) is 0 Å². The van der Waals surface area contributed by atoms with Crippen molar-refractivity contribution in [1.82, 2.24) is 0 Å². The van der Waals surface area contributed by atoms with E-state index in [0.717, 1.165) is 24.7 Å². The minimum atomic E-state index is 0.305. The summed E-state index contributed by atoms with van der Waals surface area (Å²) in [6, 6.07) is 0. The molecular formula is C13H20O. The summed E-state index contributed by atoms with van der Waals surface area (Å²) in [5.41, 5.74) is 2.64. The summed E-state index contributed by atoms with van der Waals surface area (Å²) in [4.78, 5) is 10.5. The molecule has 0 aliphatic heterocycles. The van der Waals surface area contributed by atoms with Gasteiger partial charge in [-0.2, -0.15) is 0 Å². The van der Waals surface area contributed by atoms with E-state index < -0.39 is 0 Å². The zero-order valence-corrected chi connectivity index (χ0v) is 9.63. The maximum absolute atomic E-state index is 10.5. The first-order chi connectivity index (χ1) is 6.48. The fourth-order valence-electron chi connectivity index (χ4n) is 1.97. The summed E-state index contributed by atoms with van der Waals surface area (Å²) >= 11 is 0. The molecule has 0 spiro atoms. The van der Waals surface area contributed by atoms with Crippen LogP contribution in [0.5, 0.6) is 0 Å². The van der Waals surface area contributed by atoms with Crippen LogP contribution in [0.4, 0.5) is 0 Å². The predicted octanol–water partition coefficient (Wildman–Crippen LogP) is 3.51. The Bertz CT molecular complexity index is 282. The second-order valence-electron chi connectivity index (χ2n) is 4.84. The lowest BCUT2D eigenvalue weighted by Crippen LogP contribution is -2.19. The van der Waals surface area contributed by atoms with Gasteiger partial charge in [-0.15, -0.1) is 0 Å². The van der Waals surface area contributed by atoms with Gasteiger partial charge in [0.05, 0.1) is 0 Å². The summed E-state index contributed by atoms with van der Waals surface area (Å²) in [6.45, 7) is 8.66. The van der Waals surface area contributed by atoms with Gasteiger partial charge in [-0.1, -0.05) is 31.6 Å². The molecule has 78 valence electrons. The van der Waals surface area contributed by atoms with Gasteiger partial charge in [-0.3, -0.25) is 4.79 Å². The Balaban J connectivity index is 2.62. The number of hydrogen-bond acceptors (Lipinski definition) is 1. The van der Waals surface area contributed by atoms with Crippen molar-refractivity contribution in [3.8, 4) is 0 Å². The third-order valence-corrected chi connectivity index (χ3v) is 3.66. The van der Waals surface area contributed by atoms with Gasteiger partial charge in [-0.05, 0) is 43.6 Å². The molecule has 0 aromatic heterocycles. The van der Waals surface area contributed by atoms with E-state index in [1.807, 2.05) is 6.92 Å². The normalized spacial score (nSPS) is 26.1. The third kappa shape index (κ3) is 2.14. The molecule has 0 saturated heterocycles. The average Bonchev–Trinajstić information content (AvgIpc) is 2.39. The maximum Gasteiger partial charge on any atom is 0.145 e. The molecular weight excluding hydrogens is 172 g/mol. The second-order valence-corrected chi connectivity index (χ2v) is 4.84. The Hall–Kier alpha value is -0.850. The van der Waals surface area contributed by atoms with Crippen LogP contribution < -0.4 is 0 Å². The predicted molar refractivity (Wildman–Crippen MR) is 60.1 cm³/mol. The van der Waals surface area contributed by atoms with Gasteiger partial charge in [0.2, 0.25) is 0 Å². The van der Waals surface area contributed by atoms with Crippen molar-refractivity contribution in [2.45, 2.75) is 40.5 Å². The molecule has 0 unspecified atom stereocenters. The van der Waals surface area contributed by atoms with E-state index in [1.54, 1.807) is 0 Å². The van der Waals surface area contributed by atoms with Gasteiger partial charge >= 0.3 is 0 Å². The minimum Gasteiger partial charge on any atom is -0.298 e. The van der Waals surface area contributed by atoms with Crippen LogP contribution in [0.2, 0.25) is 0 Å². The minimum absolute atomic E-state index is 0.305. The molecule has 14 heavy (non-hydrogen) atoms. The summed E-state index contributed by atoms with van der Waals surface area (Å²) in [7, 11) is 0. The van der Waals surface area contributed by atoms with E-state index in [1.165, 1.54) is 5.57 Å². The second kappa shape index (κ2) is 4.12. The van der Waals surface area contributed by atoms with Crippen molar-refractivity contribution in [1.29, 1.82) is 0 Å². The highest BCUT2D eigenvalue weighted by Gasteiger charge is 2.33. The number of aldehydes is 1. The van der Waals surface area contributed by atoms with E-state index >= 15 is 0 Å². The molecule has 0 amide bonds. The van der Waals surface area contributed by atoms with Crippen molar-refractivity contribution >= 4 is 6.29 Å². The van der Waals surface area contributed by atoms with Crippen molar-refractivity contribution in [3.63, 3.8) is 0 Å². The largest absolute Gasteiger partial charge is 0.298 e. The maximum atomic E-state index is 10.5. The van der Waals surface area contributed by atoms with Gasteiger partial charge in [0, 0.05) is 0 Å². The highest BCUT2D eigenvalue weighted by molar-refractivity contribution is 5.71. The molecule has 0 aromatic carbocycles. The van der Waals surface area contributed by atoms with Crippen molar-refractivity contribution in [2.75, 3.05) is 0 Å². The highest BCUT2D eigenvalue weighted by atomic mass is 16.1. The van der Waals surface area contributed by atoms with Crippen LogP contribution in [0.1, 0.15) is 40.5 Å². The number of carbonyl (C=O) groups is 1. The first kappa shape index (κ1) is 11.2. The van der Waals surface area contributed by atoms with Gasteiger partial charge in [0.25, 0.3) is 0 Å². The van der Waals surface area contributed by atoms with Crippen LogP contribution in [0.3, 0.4) is 0 Å². The van der Waals surface area contributed by atoms with Crippen LogP contribution >= 0.6 is 0 Å². The summed E-state index contributed by atoms with van der Waals surface area (Å²) < 4.78 is 0. The molecule has 1 nitrogen and oxygen atoms in total. The lowest BCUT2D eigenvalue weighted by atomic mass is 9.76. The Morgan fingerprint density at radius 3 is 2.71 bits per heavy atom. The Morgan fingerprint density at radius 1 is 1.64 bits per heavy atom. The van der Waals surface area contributed by atoms with E-state index in [2.05, 4.69) is 32.9 Å². The van der Waals surface area contributed by atoms with Crippen LogP contribution in [0.15, 0.2) is 23.3 Å². The third-order valence-electron chi connectivity index (χ3n) is 3.66. The van der Waals surface area contributed by atoms with E-state index in [9.17, 15) is 4.79 Å². The van der Waals surface area contributed by atoms with Crippen LogP contribution in [-0.2, 0) is 4.79 Å². The number of hydrogen-bond donors (Lipinski definition) is 0. The fourth-order valence-corrected chi connectivity index (χ4v) is 1.97. The molecule has 0 N–H and O–H groups in total. The zero-order valence-electron chi connectivity index (χ0n) is 9.63. The molecule has 1 aliphatic rings. The summed E-state index contributed by atoms with van der Waals surface area (Å²) in [5.74, 6) is 0.664. The van der Waals surface area contributed by atoms with Gasteiger partial charge < -0.3 is 0 Å². The van der Waals surface area contributed by atoms with Gasteiger partial charge in [-0.25, -0.2) is 0 Å². The zero-order chi connectivity index (χ0) is 10.8.